The van der Waals surface area contributed by atoms with Crippen molar-refractivity contribution in [1.82, 2.24) is 0 Å². The van der Waals surface area contributed by atoms with Gasteiger partial charge in [0.25, 0.3) is 0 Å². The Kier molecular flexibility index (Phi) is 23.6. The van der Waals surface area contributed by atoms with E-state index in [0.717, 1.165) is 0 Å². The quantitative estimate of drug-likeness (QED) is 0.212. The van der Waals surface area contributed by atoms with Gasteiger partial charge in [0.15, 0.2) is 0 Å². The van der Waals surface area contributed by atoms with Crippen molar-refractivity contribution in [3.8, 4) is 0 Å². The summed E-state index contributed by atoms with van der Waals surface area (Å²) in [5.74, 6) is -32.1. The molecule has 0 nitrogen and oxygen atoms in total. The molecule has 0 aromatic carbocycles. The summed E-state index contributed by atoms with van der Waals surface area (Å²) in [7, 11) is 0. The maximum absolute atomic E-state index is 13.1. The Hall–Kier alpha value is -0.700. The Balaban J connectivity index is 0.000000457. The summed E-state index contributed by atoms with van der Waals surface area (Å²) < 4.78 is 129. The summed E-state index contributed by atoms with van der Waals surface area (Å²) in [6.45, 7) is 57.0. The van der Waals surface area contributed by atoms with Crippen LogP contribution in [0.1, 0.15) is 328 Å². The van der Waals surface area contributed by atoms with Gasteiger partial charge < -0.3 is 0 Å². The minimum absolute atomic E-state index is 0.315. The molecular weight excluding hydrogens is 995 g/mol. The summed E-state index contributed by atoms with van der Waals surface area (Å²) in [5, 5.41) is 0. The van der Waals surface area contributed by atoms with Crippen LogP contribution in [-0.4, -0.2) is 29.6 Å². The van der Waals surface area contributed by atoms with Crippen molar-refractivity contribution in [2.45, 2.75) is 357 Å². The standard InChI is InChI=1S/C12H24.2C11H22.C10H20.C8H6F10.C8H16.C7H14/c1-10(2)7-11(3,4)9-12(5,6)8-10;1-9(2)7-10(3,4)11(5,6)8-9;1-9(2)7-8-10(3,4)11(9,5)6;1-10(2)8-6-4-3-5-7-9-10;1-3(2)4(9,10)6(13,14)8(17,18)7(15,16)5(3,11)12;1-8(2)6-4-3-5-7-8;1-7(2)5-3-4-6-7/h7-9H2,1-6H3;2*7-8H2,1-6H3;3-9H2,1-2H3;1-2H3;3-7H2,1-2H3;3-6H2,1-2H3. The Bertz CT molecular complexity index is 1590. The van der Waals surface area contributed by atoms with Crippen LogP contribution in [0, 0.1) is 70.4 Å². The highest BCUT2D eigenvalue weighted by Crippen LogP contribution is 2.71. The first kappa shape index (κ1) is 74.3. The molecule has 0 spiro atoms. The van der Waals surface area contributed by atoms with Gasteiger partial charge in [0.1, 0.15) is 5.41 Å². The second-order valence-electron chi connectivity index (χ2n) is 35.2. The highest BCUT2D eigenvalue weighted by atomic mass is 19.4. The van der Waals surface area contributed by atoms with Crippen LogP contribution in [0.25, 0.3) is 0 Å². The fraction of sp³-hybridized carbons (Fsp3) is 1.00. The molecule has 0 atom stereocenters. The molecule has 0 radical (unpaired) electrons. The van der Waals surface area contributed by atoms with Crippen LogP contribution in [-0.2, 0) is 0 Å². The number of rotatable bonds is 0. The predicted octanol–water partition coefficient (Wildman–Crippen LogP) is 25.5. The van der Waals surface area contributed by atoms with Crippen LogP contribution < -0.4 is 0 Å². The number of hydrogen-bond donors (Lipinski definition) is 0. The van der Waals surface area contributed by atoms with E-state index in [-0.39, 0.29) is 13.8 Å². The Morgan fingerprint density at radius 1 is 0.169 bits per heavy atom. The van der Waals surface area contributed by atoms with Crippen molar-refractivity contribution in [2.75, 3.05) is 0 Å². The second kappa shape index (κ2) is 24.5. The first-order valence-electron chi connectivity index (χ1n) is 30.5. The molecule has 10 heteroatoms. The molecule has 0 heterocycles. The highest BCUT2D eigenvalue weighted by Gasteiger charge is 2.97. The van der Waals surface area contributed by atoms with Gasteiger partial charge in [-0.2, -0.15) is 43.9 Å². The molecule has 77 heavy (non-hydrogen) atoms. The molecule has 0 amide bonds. The Labute approximate surface area is 469 Å². The maximum atomic E-state index is 13.1. The molecule has 0 aromatic heterocycles. The van der Waals surface area contributed by atoms with E-state index in [1.807, 2.05) is 0 Å². The first-order chi connectivity index (χ1) is 33.6. The van der Waals surface area contributed by atoms with Crippen LogP contribution in [0.2, 0.25) is 0 Å². The number of halogens is 10. The molecule has 7 saturated carbocycles. The third kappa shape index (κ3) is 18.4. The van der Waals surface area contributed by atoms with Gasteiger partial charge >= 0.3 is 29.6 Å². The third-order valence-electron chi connectivity index (χ3n) is 21.3. The monoisotopic (exact) mass is 1120 g/mol. The first-order valence-corrected chi connectivity index (χ1v) is 30.5. The fourth-order valence-electron chi connectivity index (χ4n) is 15.5. The van der Waals surface area contributed by atoms with Gasteiger partial charge in [-0.1, -0.05) is 230 Å². The van der Waals surface area contributed by atoms with Crippen LogP contribution in [0.4, 0.5) is 43.9 Å². The molecule has 0 aliphatic heterocycles. The van der Waals surface area contributed by atoms with E-state index < -0.39 is 35.0 Å². The van der Waals surface area contributed by atoms with Crippen molar-refractivity contribution in [3.05, 3.63) is 0 Å². The SMILES string of the molecule is CC1(C)C(F)(F)C(F)(F)C(F)(F)C(F)(F)C1(F)F.CC1(C)CC(C)(C)C(C)(C)C1.CC1(C)CC(C)(C)CC(C)(C)C1.CC1(C)CCC(C)(C)C1(C)C.CC1(C)CCCC1.CC1(C)CCCCC1.CC1(C)CCCCCCC1. The topological polar surface area (TPSA) is 0 Å². The van der Waals surface area contributed by atoms with Crippen molar-refractivity contribution in [1.29, 1.82) is 0 Å². The number of alkyl halides is 10. The minimum Gasteiger partial charge on any atom is -0.199 e. The smallest absolute Gasteiger partial charge is 0.199 e. The molecule has 0 bridgehead atoms. The maximum Gasteiger partial charge on any atom is 0.384 e. The van der Waals surface area contributed by atoms with Gasteiger partial charge in [-0.25, -0.2) is 0 Å². The summed E-state index contributed by atoms with van der Waals surface area (Å²) >= 11 is 0. The zero-order valence-electron chi connectivity index (χ0n) is 55.0. The van der Waals surface area contributed by atoms with Gasteiger partial charge in [0.2, 0.25) is 0 Å². The summed E-state index contributed by atoms with van der Waals surface area (Å²) in [4.78, 5) is 0. The molecule has 462 valence electrons. The molecule has 7 fully saturated rings. The lowest BCUT2D eigenvalue weighted by Crippen LogP contribution is -2.80. The van der Waals surface area contributed by atoms with E-state index >= 15 is 0 Å². The Morgan fingerprint density at radius 2 is 0.351 bits per heavy atom. The van der Waals surface area contributed by atoms with Gasteiger partial charge in [-0.3, -0.25) is 0 Å². The average molecular weight is 1120 g/mol. The zero-order valence-corrected chi connectivity index (χ0v) is 55.0. The van der Waals surface area contributed by atoms with Gasteiger partial charge in [0.05, 0.1) is 0 Å². The molecule has 0 aromatic rings. The van der Waals surface area contributed by atoms with Crippen LogP contribution in [0.3, 0.4) is 0 Å². The molecule has 7 aliphatic rings. The van der Waals surface area contributed by atoms with Crippen LogP contribution >= 0.6 is 0 Å². The van der Waals surface area contributed by atoms with E-state index in [2.05, 4.69) is 166 Å². The fourth-order valence-corrected chi connectivity index (χ4v) is 15.5. The van der Waals surface area contributed by atoms with Gasteiger partial charge in [-0.05, 0) is 162 Å². The summed E-state index contributed by atoms with van der Waals surface area (Å²) in [5.41, 5.74) is 2.46. The molecular formula is C67H124F10. The van der Waals surface area contributed by atoms with Crippen molar-refractivity contribution < 1.29 is 43.9 Å². The molecule has 0 saturated heterocycles. The lowest BCUT2D eigenvalue weighted by atomic mass is 9.56. The van der Waals surface area contributed by atoms with E-state index in [0.29, 0.717) is 65.0 Å². The summed E-state index contributed by atoms with van der Waals surface area (Å²) in [6, 6.07) is 0. The van der Waals surface area contributed by atoms with Gasteiger partial charge in [-0.15, -0.1) is 0 Å². The van der Waals surface area contributed by atoms with Crippen molar-refractivity contribution in [2.24, 2.45) is 70.4 Å². The molecule has 0 unspecified atom stereocenters. The van der Waals surface area contributed by atoms with Crippen LogP contribution in [0.15, 0.2) is 0 Å². The third-order valence-corrected chi connectivity index (χ3v) is 21.3. The average Bonchev–Trinajstić information content (AvgIpc) is 3.71. The normalized spacial score (nSPS) is 31.0. The van der Waals surface area contributed by atoms with E-state index in [1.54, 1.807) is 0 Å². The van der Waals surface area contributed by atoms with Crippen molar-refractivity contribution in [3.63, 3.8) is 0 Å². The molecule has 7 rings (SSSR count). The summed E-state index contributed by atoms with van der Waals surface area (Å²) in [6.07, 6.45) is 33.0. The lowest BCUT2D eigenvalue weighted by Gasteiger charge is -2.53. The minimum atomic E-state index is -6.87. The second-order valence-corrected chi connectivity index (χ2v) is 35.2. The highest BCUT2D eigenvalue weighted by molar-refractivity contribution is 5.22. The Morgan fingerprint density at radius 3 is 0.532 bits per heavy atom. The number of hydrogen-bond acceptors (Lipinski definition) is 0. The molecule has 0 N–H and O–H groups in total. The molecule has 7 aliphatic carbocycles. The largest absolute Gasteiger partial charge is 0.384 e. The van der Waals surface area contributed by atoms with Crippen LogP contribution in [0.5, 0.6) is 0 Å². The van der Waals surface area contributed by atoms with Gasteiger partial charge in [0, 0.05) is 0 Å². The predicted molar refractivity (Wildman–Crippen MR) is 310 cm³/mol. The zero-order chi connectivity index (χ0) is 61.3. The van der Waals surface area contributed by atoms with E-state index in [9.17, 15) is 43.9 Å². The van der Waals surface area contributed by atoms with Crippen molar-refractivity contribution >= 4 is 0 Å². The van der Waals surface area contributed by atoms with E-state index in [4.69, 9.17) is 0 Å². The lowest BCUT2D eigenvalue weighted by molar-refractivity contribution is -0.482. The van der Waals surface area contributed by atoms with E-state index in [1.165, 1.54) is 148 Å².